The molecule has 1 atom stereocenters. The molecule has 0 aromatic carbocycles. The van der Waals surface area contributed by atoms with Crippen molar-refractivity contribution in [3.05, 3.63) is 0 Å². The maximum atomic E-state index is 12.1. The summed E-state index contributed by atoms with van der Waals surface area (Å²) in [5.74, 6) is 0.805. The zero-order valence-corrected chi connectivity index (χ0v) is 12.2. The maximum absolute atomic E-state index is 12.1. The summed E-state index contributed by atoms with van der Waals surface area (Å²) in [6, 6.07) is 0.299. The van der Waals surface area contributed by atoms with Crippen LogP contribution >= 0.6 is 0 Å². The second-order valence-corrected chi connectivity index (χ2v) is 5.99. The van der Waals surface area contributed by atoms with Crippen molar-refractivity contribution in [2.45, 2.75) is 52.2 Å². The van der Waals surface area contributed by atoms with Crippen LogP contribution in [0.5, 0.6) is 0 Å². The van der Waals surface area contributed by atoms with Gasteiger partial charge in [-0.25, -0.2) is 0 Å². The lowest BCUT2D eigenvalue weighted by atomic mass is 10.0. The smallest absolute Gasteiger partial charge is 0.236 e. The molecule has 4 nitrogen and oxygen atoms in total. The van der Waals surface area contributed by atoms with Gasteiger partial charge in [0.15, 0.2) is 0 Å². The van der Waals surface area contributed by atoms with Gasteiger partial charge in [-0.15, -0.1) is 0 Å². The summed E-state index contributed by atoms with van der Waals surface area (Å²) in [7, 11) is 1.90. The Bertz CT molecular complexity index is 261. The summed E-state index contributed by atoms with van der Waals surface area (Å²) in [5.41, 5.74) is 0. The molecule has 1 saturated heterocycles. The fourth-order valence-corrected chi connectivity index (χ4v) is 2.47. The SMILES string of the molecule is CC(C)CC(C)N(C)C(=O)CN1CCC(O)CC1. The molecule has 106 valence electrons. The summed E-state index contributed by atoms with van der Waals surface area (Å²) >= 11 is 0. The second-order valence-electron chi connectivity index (χ2n) is 5.99. The first-order chi connectivity index (χ1) is 8.40. The van der Waals surface area contributed by atoms with Crippen LogP contribution in [0.25, 0.3) is 0 Å². The van der Waals surface area contributed by atoms with E-state index < -0.39 is 0 Å². The van der Waals surface area contributed by atoms with Gasteiger partial charge >= 0.3 is 0 Å². The Morgan fingerprint density at radius 1 is 1.33 bits per heavy atom. The molecule has 1 aliphatic heterocycles. The number of nitrogens with zero attached hydrogens (tertiary/aromatic N) is 2. The van der Waals surface area contributed by atoms with Gasteiger partial charge in [0, 0.05) is 26.2 Å². The van der Waals surface area contributed by atoms with Crippen LogP contribution in [0.15, 0.2) is 0 Å². The molecule has 0 spiro atoms. The summed E-state index contributed by atoms with van der Waals surface area (Å²) in [5, 5.41) is 9.44. The van der Waals surface area contributed by atoms with Gasteiger partial charge in [-0.2, -0.15) is 0 Å². The third-order valence-corrected chi connectivity index (χ3v) is 3.78. The largest absolute Gasteiger partial charge is 0.393 e. The van der Waals surface area contributed by atoms with E-state index in [1.807, 2.05) is 11.9 Å². The highest BCUT2D eigenvalue weighted by atomic mass is 16.3. The lowest BCUT2D eigenvalue weighted by molar-refractivity contribution is -0.133. The van der Waals surface area contributed by atoms with Crippen molar-refractivity contribution < 1.29 is 9.90 Å². The molecule has 0 saturated carbocycles. The molecule has 1 N–H and O–H groups in total. The quantitative estimate of drug-likeness (QED) is 0.807. The monoisotopic (exact) mass is 256 g/mol. The number of rotatable bonds is 5. The average Bonchev–Trinajstić information content (AvgIpc) is 2.30. The van der Waals surface area contributed by atoms with Crippen LogP contribution in [0.3, 0.4) is 0 Å². The van der Waals surface area contributed by atoms with Crippen LogP contribution in [-0.4, -0.2) is 59.6 Å². The molecule has 1 heterocycles. The summed E-state index contributed by atoms with van der Waals surface area (Å²) in [4.78, 5) is 16.2. The van der Waals surface area contributed by atoms with Gasteiger partial charge in [-0.3, -0.25) is 9.69 Å². The normalized spacial score (nSPS) is 20.1. The number of aliphatic hydroxyl groups excluding tert-OH is 1. The van der Waals surface area contributed by atoms with Gasteiger partial charge in [0.25, 0.3) is 0 Å². The lowest BCUT2D eigenvalue weighted by Crippen LogP contribution is -2.45. The van der Waals surface area contributed by atoms with E-state index in [0.29, 0.717) is 18.5 Å². The van der Waals surface area contributed by atoms with Crippen molar-refractivity contribution in [1.29, 1.82) is 0 Å². The van der Waals surface area contributed by atoms with E-state index in [2.05, 4.69) is 25.7 Å². The van der Waals surface area contributed by atoms with E-state index in [1.165, 1.54) is 0 Å². The molecule has 0 aromatic rings. The van der Waals surface area contributed by atoms with Crippen molar-refractivity contribution in [3.8, 4) is 0 Å². The zero-order chi connectivity index (χ0) is 13.7. The number of likely N-dealkylation sites (N-methyl/N-ethyl adjacent to an activating group) is 1. The molecule has 1 rings (SSSR count). The molecule has 4 heteroatoms. The van der Waals surface area contributed by atoms with E-state index >= 15 is 0 Å². The Balaban J connectivity index is 2.35. The summed E-state index contributed by atoms with van der Waals surface area (Å²) in [6.07, 6.45) is 2.45. The molecular formula is C14H28N2O2. The summed E-state index contributed by atoms with van der Waals surface area (Å²) in [6.45, 7) is 8.63. The molecule has 0 aliphatic carbocycles. The standard InChI is InChI=1S/C14H28N2O2/c1-11(2)9-12(3)15(4)14(18)10-16-7-5-13(17)6-8-16/h11-13,17H,5-10H2,1-4H3. The predicted molar refractivity (Wildman–Crippen MR) is 73.4 cm³/mol. The molecule has 1 aliphatic rings. The molecule has 1 fully saturated rings. The molecule has 1 amide bonds. The molecule has 18 heavy (non-hydrogen) atoms. The fourth-order valence-electron chi connectivity index (χ4n) is 2.47. The van der Waals surface area contributed by atoms with Crippen LogP contribution in [0.1, 0.15) is 40.0 Å². The van der Waals surface area contributed by atoms with Crippen LogP contribution in [-0.2, 0) is 4.79 Å². The minimum Gasteiger partial charge on any atom is -0.393 e. The van der Waals surface area contributed by atoms with E-state index in [9.17, 15) is 9.90 Å². The first-order valence-electron chi connectivity index (χ1n) is 7.06. The molecular weight excluding hydrogens is 228 g/mol. The Morgan fingerprint density at radius 3 is 2.39 bits per heavy atom. The van der Waals surface area contributed by atoms with Crippen molar-refractivity contribution in [3.63, 3.8) is 0 Å². The lowest BCUT2D eigenvalue weighted by Gasteiger charge is -2.32. The van der Waals surface area contributed by atoms with Gasteiger partial charge in [-0.1, -0.05) is 13.8 Å². The number of likely N-dealkylation sites (tertiary alicyclic amines) is 1. The van der Waals surface area contributed by atoms with E-state index in [-0.39, 0.29) is 12.0 Å². The number of amides is 1. The molecule has 0 aromatic heterocycles. The average molecular weight is 256 g/mol. The Morgan fingerprint density at radius 2 is 1.89 bits per heavy atom. The zero-order valence-electron chi connectivity index (χ0n) is 12.2. The maximum Gasteiger partial charge on any atom is 0.236 e. The third kappa shape index (κ3) is 4.94. The van der Waals surface area contributed by atoms with E-state index in [1.54, 1.807) is 0 Å². The topological polar surface area (TPSA) is 43.8 Å². The van der Waals surface area contributed by atoms with Crippen LogP contribution < -0.4 is 0 Å². The van der Waals surface area contributed by atoms with Gasteiger partial charge in [-0.05, 0) is 32.1 Å². The highest BCUT2D eigenvalue weighted by Crippen LogP contribution is 2.12. The summed E-state index contributed by atoms with van der Waals surface area (Å²) < 4.78 is 0. The fraction of sp³-hybridized carbons (Fsp3) is 0.929. The number of carbonyl (C=O) groups excluding carboxylic acids is 1. The van der Waals surface area contributed by atoms with Gasteiger partial charge in [0.2, 0.25) is 5.91 Å². The minimum atomic E-state index is -0.172. The van der Waals surface area contributed by atoms with Gasteiger partial charge in [0.1, 0.15) is 0 Å². The number of hydrogen-bond acceptors (Lipinski definition) is 3. The van der Waals surface area contributed by atoms with Crippen molar-refractivity contribution in [2.75, 3.05) is 26.7 Å². The second kappa shape index (κ2) is 7.10. The molecule has 1 unspecified atom stereocenters. The van der Waals surface area contributed by atoms with Crippen molar-refractivity contribution >= 4 is 5.91 Å². The van der Waals surface area contributed by atoms with Crippen LogP contribution in [0.4, 0.5) is 0 Å². The minimum absolute atomic E-state index is 0.172. The third-order valence-electron chi connectivity index (χ3n) is 3.78. The Kier molecular flexibility index (Phi) is 6.09. The highest BCUT2D eigenvalue weighted by molar-refractivity contribution is 5.78. The predicted octanol–water partition coefficient (Wildman–Crippen LogP) is 1.34. The Hall–Kier alpha value is -0.610. The van der Waals surface area contributed by atoms with E-state index in [4.69, 9.17) is 0 Å². The van der Waals surface area contributed by atoms with E-state index in [0.717, 1.165) is 32.4 Å². The number of carbonyl (C=O) groups is 1. The number of aliphatic hydroxyl groups is 1. The first-order valence-corrected chi connectivity index (χ1v) is 7.06. The van der Waals surface area contributed by atoms with Gasteiger partial charge in [0.05, 0.1) is 12.6 Å². The first kappa shape index (κ1) is 15.4. The highest BCUT2D eigenvalue weighted by Gasteiger charge is 2.22. The van der Waals surface area contributed by atoms with Gasteiger partial charge < -0.3 is 10.0 Å². The van der Waals surface area contributed by atoms with Crippen molar-refractivity contribution in [2.24, 2.45) is 5.92 Å². The molecule has 0 radical (unpaired) electrons. The Labute approximate surface area is 111 Å². The van der Waals surface area contributed by atoms with Crippen LogP contribution in [0, 0.1) is 5.92 Å². The molecule has 0 bridgehead atoms. The number of hydrogen-bond donors (Lipinski definition) is 1. The van der Waals surface area contributed by atoms with Crippen LogP contribution in [0.2, 0.25) is 0 Å². The number of piperidine rings is 1. The van der Waals surface area contributed by atoms with Crippen molar-refractivity contribution in [1.82, 2.24) is 9.80 Å².